The van der Waals surface area contributed by atoms with E-state index in [0.29, 0.717) is 0 Å². The molecule has 2 atom stereocenters. The molecule has 22 heavy (non-hydrogen) atoms. The zero-order chi connectivity index (χ0) is 16.7. The number of hydrogen-bond donors (Lipinski definition) is 1. The van der Waals surface area contributed by atoms with Gasteiger partial charge in [0.15, 0.2) is 0 Å². The van der Waals surface area contributed by atoms with E-state index in [2.05, 4.69) is 15.9 Å². The molecular formula is C13H12BrFN2O4S. The number of nitrogens with zero attached hydrogens (tertiary/aromatic N) is 2. The van der Waals surface area contributed by atoms with Crippen molar-refractivity contribution < 1.29 is 22.7 Å². The van der Waals surface area contributed by atoms with E-state index < -0.39 is 32.6 Å². The van der Waals surface area contributed by atoms with Crippen molar-refractivity contribution in [3.63, 3.8) is 0 Å². The van der Waals surface area contributed by atoms with Crippen LogP contribution in [-0.4, -0.2) is 36.9 Å². The topological polar surface area (TPSA) is 98.5 Å². The van der Waals surface area contributed by atoms with Gasteiger partial charge < -0.3 is 5.11 Å². The Labute approximate surface area is 135 Å². The maximum atomic E-state index is 14.0. The summed E-state index contributed by atoms with van der Waals surface area (Å²) < 4.78 is 40.2. The molecule has 1 saturated heterocycles. The van der Waals surface area contributed by atoms with Gasteiger partial charge >= 0.3 is 5.97 Å². The summed E-state index contributed by atoms with van der Waals surface area (Å²) in [5.41, 5.74) is -0.0188. The number of carboxylic acid groups (broad SMARTS) is 1. The highest BCUT2D eigenvalue weighted by atomic mass is 79.9. The quantitative estimate of drug-likeness (QED) is 0.848. The highest BCUT2D eigenvalue weighted by Gasteiger charge is 2.41. The third-order valence-corrected chi connectivity index (χ3v) is 6.16. The minimum Gasteiger partial charge on any atom is -0.481 e. The molecule has 6 nitrogen and oxygen atoms in total. The van der Waals surface area contributed by atoms with E-state index in [1.807, 2.05) is 0 Å². The van der Waals surface area contributed by atoms with Gasteiger partial charge in [0.1, 0.15) is 16.8 Å². The minimum absolute atomic E-state index is 0.0103. The Balaban J connectivity index is 2.43. The molecular weight excluding hydrogens is 379 g/mol. The van der Waals surface area contributed by atoms with Gasteiger partial charge in [0.25, 0.3) is 0 Å². The average molecular weight is 391 g/mol. The maximum Gasteiger partial charge on any atom is 0.308 e. The van der Waals surface area contributed by atoms with Crippen LogP contribution < -0.4 is 0 Å². The molecule has 1 N–H and O–H groups in total. The van der Waals surface area contributed by atoms with E-state index in [1.54, 1.807) is 13.0 Å². The van der Waals surface area contributed by atoms with Crippen molar-refractivity contribution in [1.29, 1.82) is 5.26 Å². The third-order valence-electron chi connectivity index (χ3n) is 3.66. The number of halogens is 2. The standard InChI is InChI=1S/C13H12BrFN2O4S/c1-7-5-17(6-9(7)13(18)19)22(20,21)12-3-10(14)8(4-16)2-11(12)15/h2-3,7,9H,5-6H2,1H3,(H,18,19)/t7-,9-/m1/s1. The number of nitriles is 1. The van der Waals surface area contributed by atoms with Crippen LogP contribution in [0.3, 0.4) is 0 Å². The molecule has 2 rings (SSSR count). The summed E-state index contributed by atoms with van der Waals surface area (Å²) in [4.78, 5) is 10.5. The lowest BCUT2D eigenvalue weighted by Crippen LogP contribution is -2.30. The number of benzene rings is 1. The molecule has 1 aliphatic rings. The molecule has 0 unspecified atom stereocenters. The first-order valence-electron chi connectivity index (χ1n) is 6.30. The molecule has 1 aliphatic heterocycles. The van der Waals surface area contributed by atoms with Crippen LogP contribution in [0.5, 0.6) is 0 Å². The highest BCUT2D eigenvalue weighted by molar-refractivity contribution is 9.10. The molecule has 0 aromatic heterocycles. The normalized spacial score (nSPS) is 22.5. The van der Waals surface area contributed by atoms with Gasteiger partial charge in [0, 0.05) is 17.6 Å². The van der Waals surface area contributed by atoms with Crippen LogP contribution in [0.1, 0.15) is 12.5 Å². The van der Waals surface area contributed by atoms with Crippen LogP contribution >= 0.6 is 15.9 Å². The second kappa shape index (κ2) is 5.95. The Morgan fingerprint density at radius 3 is 2.64 bits per heavy atom. The van der Waals surface area contributed by atoms with E-state index in [0.717, 1.165) is 16.4 Å². The number of carbonyl (C=O) groups is 1. The van der Waals surface area contributed by atoms with Crippen molar-refractivity contribution in [3.05, 3.63) is 28.0 Å². The molecule has 1 aromatic rings. The fourth-order valence-corrected chi connectivity index (χ4v) is 4.61. The molecule has 0 spiro atoms. The van der Waals surface area contributed by atoms with Crippen LogP contribution in [0, 0.1) is 29.0 Å². The fraction of sp³-hybridized carbons (Fsp3) is 0.385. The first-order chi connectivity index (χ1) is 10.2. The minimum atomic E-state index is -4.16. The molecule has 0 bridgehead atoms. The lowest BCUT2D eigenvalue weighted by Gasteiger charge is -2.17. The number of sulfonamides is 1. The number of hydrogen-bond acceptors (Lipinski definition) is 4. The van der Waals surface area contributed by atoms with E-state index in [1.165, 1.54) is 0 Å². The smallest absolute Gasteiger partial charge is 0.308 e. The summed E-state index contributed by atoms with van der Waals surface area (Å²) in [6, 6.07) is 3.61. The molecule has 0 aliphatic carbocycles. The van der Waals surface area contributed by atoms with Gasteiger partial charge in [-0.2, -0.15) is 9.57 Å². The molecule has 0 radical (unpaired) electrons. The molecule has 1 fully saturated rings. The van der Waals surface area contributed by atoms with Gasteiger partial charge in [-0.3, -0.25) is 4.79 Å². The van der Waals surface area contributed by atoms with Gasteiger partial charge in [-0.25, -0.2) is 12.8 Å². The molecule has 1 heterocycles. The van der Waals surface area contributed by atoms with Crippen LogP contribution in [0.15, 0.2) is 21.5 Å². The Bertz CT molecular complexity index is 775. The Morgan fingerprint density at radius 2 is 2.14 bits per heavy atom. The molecule has 118 valence electrons. The van der Waals surface area contributed by atoms with Crippen LogP contribution in [-0.2, 0) is 14.8 Å². The average Bonchev–Trinajstić information content (AvgIpc) is 2.83. The number of rotatable bonds is 3. The zero-order valence-corrected chi connectivity index (χ0v) is 13.9. The van der Waals surface area contributed by atoms with Gasteiger partial charge in [0.2, 0.25) is 10.0 Å². The SMILES string of the molecule is C[C@@H]1CN(S(=O)(=O)c2cc(Br)c(C#N)cc2F)C[C@H]1C(=O)O. The first kappa shape index (κ1) is 16.9. The second-order valence-electron chi connectivity index (χ2n) is 5.12. The summed E-state index contributed by atoms with van der Waals surface area (Å²) in [7, 11) is -4.16. The number of aliphatic carboxylic acids is 1. The van der Waals surface area contributed by atoms with Gasteiger partial charge in [0.05, 0.1) is 11.5 Å². The van der Waals surface area contributed by atoms with Crippen molar-refractivity contribution in [1.82, 2.24) is 4.31 Å². The Hall–Kier alpha value is -1.50. The molecule has 9 heteroatoms. The molecule has 0 saturated carbocycles. The third kappa shape index (κ3) is 2.86. The lowest BCUT2D eigenvalue weighted by molar-refractivity contribution is -0.142. The zero-order valence-electron chi connectivity index (χ0n) is 11.5. The Kier molecular flexibility index (Phi) is 4.56. The maximum absolute atomic E-state index is 14.0. The van der Waals surface area contributed by atoms with E-state index in [4.69, 9.17) is 10.4 Å². The monoisotopic (exact) mass is 390 g/mol. The predicted molar refractivity (Wildman–Crippen MR) is 77.9 cm³/mol. The van der Waals surface area contributed by atoms with Crippen LogP contribution in [0.2, 0.25) is 0 Å². The first-order valence-corrected chi connectivity index (χ1v) is 8.54. The fourth-order valence-electron chi connectivity index (χ4n) is 2.39. The molecule has 0 amide bonds. The summed E-state index contributed by atoms with van der Waals surface area (Å²) >= 11 is 3.02. The predicted octanol–water partition coefficient (Wildman–Crippen LogP) is 1.80. The van der Waals surface area contributed by atoms with Crippen LogP contribution in [0.4, 0.5) is 4.39 Å². The van der Waals surface area contributed by atoms with E-state index in [-0.39, 0.29) is 29.0 Å². The van der Waals surface area contributed by atoms with Crippen molar-refractivity contribution >= 4 is 31.9 Å². The Morgan fingerprint density at radius 1 is 1.50 bits per heavy atom. The van der Waals surface area contributed by atoms with E-state index >= 15 is 0 Å². The lowest BCUT2D eigenvalue weighted by atomic mass is 9.99. The van der Waals surface area contributed by atoms with Crippen LogP contribution in [0.25, 0.3) is 0 Å². The second-order valence-corrected chi connectivity index (χ2v) is 7.88. The van der Waals surface area contributed by atoms with Gasteiger partial charge in [-0.1, -0.05) is 6.92 Å². The summed E-state index contributed by atoms with van der Waals surface area (Å²) in [5, 5.41) is 17.9. The highest BCUT2D eigenvalue weighted by Crippen LogP contribution is 2.31. The summed E-state index contributed by atoms with van der Waals surface area (Å²) in [6.07, 6.45) is 0. The van der Waals surface area contributed by atoms with Crippen molar-refractivity contribution in [2.75, 3.05) is 13.1 Å². The van der Waals surface area contributed by atoms with Gasteiger partial charge in [-0.15, -0.1) is 0 Å². The van der Waals surface area contributed by atoms with E-state index in [9.17, 15) is 17.6 Å². The number of carboxylic acids is 1. The van der Waals surface area contributed by atoms with Crippen molar-refractivity contribution in [2.45, 2.75) is 11.8 Å². The van der Waals surface area contributed by atoms with Gasteiger partial charge in [-0.05, 0) is 34.0 Å². The van der Waals surface area contributed by atoms with Crippen molar-refractivity contribution in [3.8, 4) is 6.07 Å². The summed E-state index contributed by atoms with van der Waals surface area (Å²) in [5.74, 6) is -3.30. The molecule has 1 aromatic carbocycles. The summed E-state index contributed by atoms with van der Waals surface area (Å²) in [6.45, 7) is 1.45. The van der Waals surface area contributed by atoms with Crippen molar-refractivity contribution in [2.24, 2.45) is 11.8 Å². The largest absolute Gasteiger partial charge is 0.481 e.